The lowest BCUT2D eigenvalue weighted by Gasteiger charge is -2.22. The molecule has 2 aromatic heterocycles. The fourth-order valence-corrected chi connectivity index (χ4v) is 4.26. The summed E-state index contributed by atoms with van der Waals surface area (Å²) in [5.41, 5.74) is 0.607. The number of fused-ring (bicyclic) bond motifs is 1. The number of nitrogens with one attached hydrogen (secondary N) is 2. The number of anilines is 1. The third-order valence-corrected chi connectivity index (χ3v) is 5.56. The van der Waals surface area contributed by atoms with Crippen LogP contribution in [0.2, 0.25) is 0 Å². The first-order valence-corrected chi connectivity index (χ1v) is 10.5. The lowest BCUT2D eigenvalue weighted by Crippen LogP contribution is -2.35. The summed E-state index contributed by atoms with van der Waals surface area (Å²) >= 11 is 1.63. The van der Waals surface area contributed by atoms with Crippen LogP contribution in [0, 0.1) is 11.8 Å². The maximum Gasteiger partial charge on any atom is 0.319 e. The lowest BCUT2D eigenvalue weighted by molar-refractivity contribution is 0.245. The highest BCUT2D eigenvalue weighted by Crippen LogP contribution is 2.26. The van der Waals surface area contributed by atoms with Crippen molar-refractivity contribution in [2.24, 2.45) is 11.8 Å². The Morgan fingerprint density at radius 1 is 1.07 bits per heavy atom. The van der Waals surface area contributed by atoms with Crippen LogP contribution in [0.1, 0.15) is 38.6 Å². The van der Waals surface area contributed by atoms with Gasteiger partial charge in [-0.25, -0.2) is 4.79 Å². The van der Waals surface area contributed by atoms with Crippen LogP contribution >= 0.6 is 11.3 Å². The number of carbonyl (C=O) groups excluding carboxylic acids is 1. The minimum absolute atomic E-state index is 0.0334. The van der Waals surface area contributed by atoms with E-state index in [1.54, 1.807) is 28.2 Å². The van der Waals surface area contributed by atoms with Crippen molar-refractivity contribution in [3.05, 3.63) is 63.2 Å². The van der Waals surface area contributed by atoms with Gasteiger partial charge in [0.05, 0.1) is 11.7 Å². The molecule has 0 aliphatic heterocycles. The molecule has 148 valence electrons. The minimum Gasteiger partial charge on any atom is -0.330 e. The molecule has 3 aromatic rings. The van der Waals surface area contributed by atoms with E-state index in [0.29, 0.717) is 23.5 Å². The van der Waals surface area contributed by atoms with Gasteiger partial charge in [0.2, 0.25) is 0 Å². The highest BCUT2D eigenvalue weighted by atomic mass is 32.1. The van der Waals surface area contributed by atoms with E-state index in [0.717, 1.165) is 10.3 Å². The normalized spacial score (nSPS) is 12.5. The molecular weight excluding hydrogens is 370 g/mol. The van der Waals surface area contributed by atoms with Crippen LogP contribution in [0.4, 0.5) is 10.5 Å². The average molecular weight is 398 g/mol. The number of amides is 2. The summed E-state index contributed by atoms with van der Waals surface area (Å²) in [6.45, 7) is 8.90. The van der Waals surface area contributed by atoms with E-state index in [-0.39, 0.29) is 23.6 Å². The van der Waals surface area contributed by atoms with Gasteiger partial charge in [-0.3, -0.25) is 4.79 Å². The molecule has 5 nitrogen and oxygen atoms in total. The van der Waals surface area contributed by atoms with E-state index in [2.05, 4.69) is 38.3 Å². The van der Waals surface area contributed by atoms with Crippen LogP contribution < -0.4 is 16.2 Å². The molecule has 0 saturated carbocycles. The number of hydrogen-bond donors (Lipinski definition) is 2. The average Bonchev–Trinajstić information content (AvgIpc) is 3.17. The van der Waals surface area contributed by atoms with Gasteiger partial charge in [0.1, 0.15) is 0 Å². The Kier molecular flexibility index (Phi) is 6.19. The van der Waals surface area contributed by atoms with Gasteiger partial charge in [-0.15, -0.1) is 11.3 Å². The third kappa shape index (κ3) is 4.44. The van der Waals surface area contributed by atoms with Gasteiger partial charge in [-0.1, -0.05) is 52.0 Å². The second-order valence-electron chi connectivity index (χ2n) is 7.78. The molecule has 1 atom stereocenters. The first kappa shape index (κ1) is 20.1. The second-order valence-corrected chi connectivity index (χ2v) is 8.75. The van der Waals surface area contributed by atoms with Gasteiger partial charge < -0.3 is 15.2 Å². The summed E-state index contributed by atoms with van der Waals surface area (Å²) in [5, 5.41) is 9.42. The van der Waals surface area contributed by atoms with Gasteiger partial charge in [0.15, 0.2) is 0 Å². The monoisotopic (exact) mass is 397 g/mol. The highest BCUT2D eigenvalue weighted by molar-refractivity contribution is 7.10. The zero-order valence-electron chi connectivity index (χ0n) is 16.7. The SMILES string of the molecule is CC(C)Cn1cc(NC(=O)N[C@@H](c2cccs2)C(C)C)c2ccccc2c1=O. The molecule has 0 fully saturated rings. The van der Waals surface area contributed by atoms with Gasteiger partial charge in [-0.05, 0) is 29.3 Å². The quantitative estimate of drug-likeness (QED) is 0.598. The predicted octanol–water partition coefficient (Wildman–Crippen LogP) is 5.24. The molecule has 2 N–H and O–H groups in total. The zero-order valence-corrected chi connectivity index (χ0v) is 17.5. The zero-order chi connectivity index (χ0) is 20.3. The van der Waals surface area contributed by atoms with Crippen molar-refractivity contribution in [1.29, 1.82) is 0 Å². The van der Waals surface area contributed by atoms with Crippen LogP contribution in [0.15, 0.2) is 52.8 Å². The van der Waals surface area contributed by atoms with Crippen molar-refractivity contribution in [1.82, 2.24) is 9.88 Å². The summed E-state index contributed by atoms with van der Waals surface area (Å²) in [7, 11) is 0. The summed E-state index contributed by atoms with van der Waals surface area (Å²) < 4.78 is 1.68. The molecule has 0 unspecified atom stereocenters. The number of nitrogens with zero attached hydrogens (tertiary/aromatic N) is 1. The molecule has 0 saturated heterocycles. The maximum absolute atomic E-state index is 12.8. The smallest absolute Gasteiger partial charge is 0.319 e. The summed E-state index contributed by atoms with van der Waals surface area (Å²) in [4.78, 5) is 26.7. The number of rotatable bonds is 6. The molecule has 6 heteroatoms. The standard InChI is InChI=1S/C22H27N3O2S/c1-14(2)12-25-13-18(16-8-5-6-9-17(16)21(25)26)23-22(27)24-20(15(3)4)19-10-7-11-28-19/h5-11,13-15,20H,12H2,1-4H3,(H2,23,24,27)/t20-/m1/s1. The minimum atomic E-state index is -0.271. The number of thiophene rings is 1. The Balaban J connectivity index is 1.91. The van der Waals surface area contributed by atoms with Gasteiger partial charge in [-0.2, -0.15) is 0 Å². The highest BCUT2D eigenvalue weighted by Gasteiger charge is 2.20. The number of urea groups is 1. The van der Waals surface area contributed by atoms with Crippen molar-refractivity contribution in [2.45, 2.75) is 40.3 Å². The van der Waals surface area contributed by atoms with Gasteiger partial charge in [0.25, 0.3) is 5.56 Å². The van der Waals surface area contributed by atoms with Crippen LogP contribution in [-0.2, 0) is 6.54 Å². The fraction of sp³-hybridized carbons (Fsp3) is 0.364. The molecule has 28 heavy (non-hydrogen) atoms. The van der Waals surface area contributed by atoms with E-state index in [9.17, 15) is 9.59 Å². The Labute approximate surface area is 169 Å². The largest absolute Gasteiger partial charge is 0.330 e. The number of hydrogen-bond acceptors (Lipinski definition) is 3. The molecule has 0 bridgehead atoms. The van der Waals surface area contributed by atoms with Gasteiger partial charge >= 0.3 is 6.03 Å². The molecular formula is C22H27N3O2S. The maximum atomic E-state index is 12.8. The lowest BCUT2D eigenvalue weighted by atomic mass is 10.0. The summed E-state index contributed by atoms with van der Waals surface area (Å²) in [6.07, 6.45) is 1.75. The van der Waals surface area contributed by atoms with Crippen molar-refractivity contribution in [3.8, 4) is 0 Å². The van der Waals surface area contributed by atoms with E-state index >= 15 is 0 Å². The Morgan fingerprint density at radius 3 is 2.39 bits per heavy atom. The van der Waals surface area contributed by atoms with E-state index in [1.165, 1.54) is 0 Å². The number of pyridine rings is 1. The summed E-state index contributed by atoms with van der Waals surface area (Å²) in [5.74, 6) is 0.584. The Morgan fingerprint density at radius 2 is 1.79 bits per heavy atom. The number of carbonyl (C=O) groups is 1. The van der Waals surface area contributed by atoms with Crippen molar-refractivity contribution >= 4 is 33.8 Å². The first-order valence-electron chi connectivity index (χ1n) is 9.60. The number of aromatic nitrogens is 1. The third-order valence-electron chi connectivity index (χ3n) is 4.61. The van der Waals surface area contributed by atoms with E-state index in [4.69, 9.17) is 0 Å². The molecule has 0 aliphatic rings. The molecule has 0 aliphatic carbocycles. The molecule has 2 amide bonds. The van der Waals surface area contributed by atoms with Gasteiger partial charge in [0, 0.05) is 28.4 Å². The topological polar surface area (TPSA) is 63.1 Å². The molecule has 0 spiro atoms. The van der Waals surface area contributed by atoms with Crippen molar-refractivity contribution in [2.75, 3.05) is 5.32 Å². The fourth-order valence-electron chi connectivity index (χ4n) is 3.31. The molecule has 2 heterocycles. The summed E-state index contributed by atoms with van der Waals surface area (Å²) in [6, 6.07) is 11.1. The van der Waals surface area contributed by atoms with Crippen LogP contribution in [0.25, 0.3) is 10.8 Å². The van der Waals surface area contributed by atoms with Crippen molar-refractivity contribution in [3.63, 3.8) is 0 Å². The first-order chi connectivity index (χ1) is 13.4. The Hall–Kier alpha value is -2.60. The molecule has 3 rings (SSSR count). The Bertz CT molecular complexity index is 1010. The van der Waals surface area contributed by atoms with Crippen LogP contribution in [-0.4, -0.2) is 10.6 Å². The second kappa shape index (κ2) is 8.61. The molecule has 1 aromatic carbocycles. The van der Waals surface area contributed by atoms with Crippen molar-refractivity contribution < 1.29 is 4.79 Å². The van der Waals surface area contributed by atoms with Crippen LogP contribution in [0.3, 0.4) is 0 Å². The van der Waals surface area contributed by atoms with Crippen LogP contribution in [0.5, 0.6) is 0 Å². The van der Waals surface area contributed by atoms with E-state index < -0.39 is 0 Å². The molecule has 0 radical (unpaired) electrons. The predicted molar refractivity (Wildman–Crippen MR) is 117 cm³/mol. The van der Waals surface area contributed by atoms with E-state index in [1.807, 2.05) is 35.7 Å². The number of benzene rings is 1.